The molecule has 116 valence electrons. The highest BCUT2D eigenvalue weighted by Crippen LogP contribution is 2.37. The SMILES string of the molecule is O=C(NCC1(CO)CCCCC1)C1CCC(F)(F)CC1. The van der Waals surface area contributed by atoms with E-state index in [-0.39, 0.29) is 49.5 Å². The molecule has 0 radical (unpaired) electrons. The molecule has 0 heterocycles. The molecule has 0 aliphatic heterocycles. The summed E-state index contributed by atoms with van der Waals surface area (Å²) >= 11 is 0. The van der Waals surface area contributed by atoms with E-state index in [0.717, 1.165) is 25.7 Å². The van der Waals surface area contributed by atoms with Gasteiger partial charge in [-0.05, 0) is 25.7 Å². The molecular formula is C15H25F2NO2. The number of aliphatic hydroxyl groups is 1. The number of nitrogens with one attached hydrogen (secondary N) is 1. The lowest BCUT2D eigenvalue weighted by molar-refractivity contribution is -0.130. The smallest absolute Gasteiger partial charge is 0.248 e. The second-order valence-corrected chi connectivity index (χ2v) is 6.57. The van der Waals surface area contributed by atoms with Gasteiger partial charge in [0.1, 0.15) is 0 Å². The van der Waals surface area contributed by atoms with Gasteiger partial charge in [0, 0.05) is 30.7 Å². The van der Waals surface area contributed by atoms with Crippen LogP contribution in [-0.2, 0) is 4.79 Å². The minimum Gasteiger partial charge on any atom is -0.396 e. The molecule has 0 bridgehead atoms. The van der Waals surface area contributed by atoms with E-state index in [1.54, 1.807) is 0 Å². The maximum Gasteiger partial charge on any atom is 0.248 e. The predicted molar refractivity (Wildman–Crippen MR) is 72.5 cm³/mol. The molecule has 0 aromatic rings. The zero-order valence-corrected chi connectivity index (χ0v) is 12.0. The van der Waals surface area contributed by atoms with Crippen molar-refractivity contribution >= 4 is 5.91 Å². The van der Waals surface area contributed by atoms with E-state index in [9.17, 15) is 18.7 Å². The number of carbonyl (C=O) groups excluding carboxylic acids is 1. The molecule has 5 heteroatoms. The molecular weight excluding hydrogens is 264 g/mol. The van der Waals surface area contributed by atoms with Gasteiger partial charge in [0.2, 0.25) is 11.8 Å². The second-order valence-electron chi connectivity index (χ2n) is 6.57. The van der Waals surface area contributed by atoms with Crippen LogP contribution < -0.4 is 5.32 Å². The van der Waals surface area contributed by atoms with Gasteiger partial charge in [-0.25, -0.2) is 8.78 Å². The van der Waals surface area contributed by atoms with Crippen molar-refractivity contribution in [2.45, 2.75) is 63.7 Å². The molecule has 20 heavy (non-hydrogen) atoms. The van der Waals surface area contributed by atoms with Crippen LogP contribution in [0.15, 0.2) is 0 Å². The van der Waals surface area contributed by atoms with Crippen molar-refractivity contribution in [2.24, 2.45) is 11.3 Å². The van der Waals surface area contributed by atoms with Crippen molar-refractivity contribution in [1.29, 1.82) is 0 Å². The van der Waals surface area contributed by atoms with Gasteiger partial charge in [0.05, 0.1) is 6.61 Å². The molecule has 0 unspecified atom stereocenters. The first-order valence-corrected chi connectivity index (χ1v) is 7.73. The lowest BCUT2D eigenvalue weighted by atomic mass is 9.74. The van der Waals surface area contributed by atoms with E-state index in [1.165, 1.54) is 6.42 Å². The van der Waals surface area contributed by atoms with Crippen LogP contribution in [0.1, 0.15) is 57.8 Å². The molecule has 0 aromatic carbocycles. The highest BCUT2D eigenvalue weighted by molar-refractivity contribution is 5.78. The topological polar surface area (TPSA) is 49.3 Å². The summed E-state index contributed by atoms with van der Waals surface area (Å²) in [6, 6.07) is 0. The number of rotatable bonds is 4. The summed E-state index contributed by atoms with van der Waals surface area (Å²) in [5.41, 5.74) is -0.188. The average Bonchev–Trinajstić information content (AvgIpc) is 2.46. The molecule has 2 fully saturated rings. The van der Waals surface area contributed by atoms with Crippen LogP contribution in [0.25, 0.3) is 0 Å². The van der Waals surface area contributed by atoms with Crippen LogP contribution in [0, 0.1) is 11.3 Å². The second kappa shape index (κ2) is 6.37. The molecule has 2 aliphatic carbocycles. The van der Waals surface area contributed by atoms with Crippen LogP contribution in [-0.4, -0.2) is 30.1 Å². The van der Waals surface area contributed by atoms with E-state index in [1.807, 2.05) is 0 Å². The fourth-order valence-electron chi connectivity index (χ4n) is 3.41. The van der Waals surface area contributed by atoms with Crippen molar-refractivity contribution in [2.75, 3.05) is 13.2 Å². The molecule has 0 saturated heterocycles. The molecule has 2 rings (SSSR count). The third kappa shape index (κ3) is 3.90. The van der Waals surface area contributed by atoms with Crippen LogP contribution >= 0.6 is 0 Å². The highest BCUT2D eigenvalue weighted by atomic mass is 19.3. The number of alkyl halides is 2. The lowest BCUT2D eigenvalue weighted by Crippen LogP contribution is -2.44. The monoisotopic (exact) mass is 289 g/mol. The van der Waals surface area contributed by atoms with Gasteiger partial charge in [-0.3, -0.25) is 4.79 Å². The number of hydrogen-bond donors (Lipinski definition) is 2. The summed E-state index contributed by atoms with van der Waals surface area (Å²) in [4.78, 5) is 12.1. The summed E-state index contributed by atoms with van der Waals surface area (Å²) in [5.74, 6) is -2.99. The molecule has 0 spiro atoms. The van der Waals surface area contributed by atoms with Gasteiger partial charge in [-0.15, -0.1) is 0 Å². The largest absolute Gasteiger partial charge is 0.396 e. The molecule has 0 atom stereocenters. The number of carbonyl (C=O) groups is 1. The molecule has 1 amide bonds. The van der Waals surface area contributed by atoms with Crippen LogP contribution in [0.5, 0.6) is 0 Å². The van der Waals surface area contributed by atoms with Crippen molar-refractivity contribution in [3.05, 3.63) is 0 Å². The third-order valence-electron chi connectivity index (χ3n) is 4.98. The van der Waals surface area contributed by atoms with Gasteiger partial charge in [-0.2, -0.15) is 0 Å². The fraction of sp³-hybridized carbons (Fsp3) is 0.933. The van der Waals surface area contributed by atoms with E-state index in [2.05, 4.69) is 5.32 Å². The standard InChI is InChI=1S/C15H25F2NO2/c16-15(17)8-4-12(5-9-15)13(20)18-10-14(11-19)6-2-1-3-7-14/h12,19H,1-11H2,(H,18,20). The minimum atomic E-state index is -2.59. The molecule has 2 saturated carbocycles. The molecule has 3 nitrogen and oxygen atoms in total. The van der Waals surface area contributed by atoms with E-state index >= 15 is 0 Å². The summed E-state index contributed by atoms with van der Waals surface area (Å²) < 4.78 is 26.1. The van der Waals surface area contributed by atoms with E-state index in [4.69, 9.17) is 0 Å². The zero-order chi connectivity index (χ0) is 14.6. The third-order valence-corrected chi connectivity index (χ3v) is 4.98. The number of halogens is 2. The quantitative estimate of drug-likeness (QED) is 0.836. The average molecular weight is 289 g/mol. The first kappa shape index (κ1) is 15.7. The summed E-state index contributed by atoms with van der Waals surface area (Å²) in [7, 11) is 0. The van der Waals surface area contributed by atoms with Crippen LogP contribution in [0.4, 0.5) is 8.78 Å². The summed E-state index contributed by atoms with van der Waals surface area (Å²) in [6.45, 7) is 0.575. The molecule has 2 N–H and O–H groups in total. The van der Waals surface area contributed by atoms with Crippen LogP contribution in [0.2, 0.25) is 0 Å². The van der Waals surface area contributed by atoms with Gasteiger partial charge in [0.15, 0.2) is 0 Å². The Kier molecular flexibility index (Phi) is 4.99. The first-order valence-electron chi connectivity index (χ1n) is 7.73. The van der Waals surface area contributed by atoms with Crippen molar-refractivity contribution in [3.63, 3.8) is 0 Å². The van der Waals surface area contributed by atoms with E-state index < -0.39 is 5.92 Å². The Hall–Kier alpha value is -0.710. The summed E-state index contributed by atoms with van der Waals surface area (Å²) in [6.07, 6.45) is 5.41. The lowest BCUT2D eigenvalue weighted by Gasteiger charge is -2.36. The Balaban J connectivity index is 1.80. The summed E-state index contributed by atoms with van der Waals surface area (Å²) in [5, 5.41) is 12.5. The van der Waals surface area contributed by atoms with Gasteiger partial charge < -0.3 is 10.4 Å². The Morgan fingerprint density at radius 3 is 2.25 bits per heavy atom. The van der Waals surface area contributed by atoms with E-state index in [0.29, 0.717) is 6.54 Å². The Morgan fingerprint density at radius 2 is 1.70 bits per heavy atom. The number of hydrogen-bond acceptors (Lipinski definition) is 2. The van der Waals surface area contributed by atoms with Gasteiger partial charge in [0.25, 0.3) is 0 Å². The minimum absolute atomic E-state index is 0.0933. The highest BCUT2D eigenvalue weighted by Gasteiger charge is 2.38. The fourth-order valence-corrected chi connectivity index (χ4v) is 3.41. The number of amides is 1. The Bertz CT molecular complexity index is 331. The van der Waals surface area contributed by atoms with Gasteiger partial charge in [-0.1, -0.05) is 19.3 Å². The van der Waals surface area contributed by atoms with Crippen molar-refractivity contribution in [1.82, 2.24) is 5.32 Å². The molecule has 0 aromatic heterocycles. The molecule has 2 aliphatic rings. The Labute approximate surface area is 119 Å². The number of aliphatic hydroxyl groups excluding tert-OH is 1. The normalized spacial score (nSPS) is 26.1. The maximum atomic E-state index is 13.1. The predicted octanol–water partition coefficient (Wildman–Crippen LogP) is 2.87. The van der Waals surface area contributed by atoms with Crippen molar-refractivity contribution < 1.29 is 18.7 Å². The maximum absolute atomic E-state index is 13.1. The zero-order valence-electron chi connectivity index (χ0n) is 12.0. The van der Waals surface area contributed by atoms with Crippen LogP contribution in [0.3, 0.4) is 0 Å². The Morgan fingerprint density at radius 1 is 1.10 bits per heavy atom. The first-order chi connectivity index (χ1) is 9.46. The van der Waals surface area contributed by atoms with Crippen molar-refractivity contribution in [3.8, 4) is 0 Å². The van der Waals surface area contributed by atoms with Gasteiger partial charge >= 0.3 is 0 Å².